The Morgan fingerprint density at radius 2 is 1.95 bits per heavy atom. The third-order valence-electron chi connectivity index (χ3n) is 2.77. The van der Waals surface area contributed by atoms with E-state index in [-0.39, 0.29) is 17.2 Å². The highest BCUT2D eigenvalue weighted by Gasteiger charge is 2.12. The van der Waals surface area contributed by atoms with Crippen LogP contribution in [0.2, 0.25) is 0 Å². The van der Waals surface area contributed by atoms with Crippen LogP contribution in [-0.4, -0.2) is 26.3 Å². The Kier molecular flexibility index (Phi) is 4.92. The fourth-order valence-corrected chi connectivity index (χ4v) is 2.68. The highest BCUT2D eigenvalue weighted by Crippen LogP contribution is 2.21. The van der Waals surface area contributed by atoms with Gasteiger partial charge in [0.05, 0.1) is 29.0 Å². The molecule has 0 saturated heterocycles. The number of rotatable bonds is 6. The van der Waals surface area contributed by atoms with Gasteiger partial charge >= 0.3 is 6.61 Å². The summed E-state index contributed by atoms with van der Waals surface area (Å²) >= 11 is 0. The van der Waals surface area contributed by atoms with Gasteiger partial charge in [-0.1, -0.05) is 12.1 Å². The van der Waals surface area contributed by atoms with Crippen molar-refractivity contribution in [2.75, 3.05) is 11.6 Å². The molecule has 1 N–H and O–H groups in total. The highest BCUT2D eigenvalue weighted by atomic mass is 32.2. The molecule has 1 heterocycles. The molecule has 0 radical (unpaired) electrons. The zero-order valence-corrected chi connectivity index (χ0v) is 12.5. The van der Waals surface area contributed by atoms with E-state index in [1.165, 1.54) is 24.4 Å². The Labute approximate surface area is 126 Å². The van der Waals surface area contributed by atoms with Gasteiger partial charge in [0.2, 0.25) is 0 Å². The van der Waals surface area contributed by atoms with Crippen LogP contribution in [0.15, 0.2) is 47.5 Å². The third kappa shape index (κ3) is 4.39. The number of hydrogen-bond donors (Lipinski definition) is 1. The first kappa shape index (κ1) is 16.2. The molecule has 0 bridgehead atoms. The molecular formula is C14H14F2N2O3S. The summed E-state index contributed by atoms with van der Waals surface area (Å²) in [6.07, 6.45) is 2.31. The topological polar surface area (TPSA) is 68.3 Å². The molecule has 0 unspecified atom stereocenters. The molecule has 22 heavy (non-hydrogen) atoms. The average Bonchev–Trinajstić information content (AvgIpc) is 2.45. The first-order valence-corrected chi connectivity index (χ1v) is 8.18. The van der Waals surface area contributed by atoms with Gasteiger partial charge in [0.15, 0.2) is 9.84 Å². The maximum Gasteiger partial charge on any atom is 0.387 e. The second-order valence-electron chi connectivity index (χ2n) is 4.49. The van der Waals surface area contributed by atoms with Gasteiger partial charge in [-0.2, -0.15) is 8.78 Å². The van der Waals surface area contributed by atoms with E-state index in [9.17, 15) is 17.2 Å². The normalized spacial score (nSPS) is 11.5. The smallest absolute Gasteiger partial charge is 0.387 e. The molecule has 1 aromatic carbocycles. The van der Waals surface area contributed by atoms with Crippen LogP contribution in [-0.2, 0) is 16.4 Å². The molecule has 118 valence electrons. The molecule has 0 aliphatic heterocycles. The number of halogens is 2. The van der Waals surface area contributed by atoms with Gasteiger partial charge in [-0.3, -0.25) is 4.98 Å². The molecule has 0 amide bonds. The number of para-hydroxylation sites is 1. The minimum Gasteiger partial charge on any atom is -0.433 e. The van der Waals surface area contributed by atoms with Gasteiger partial charge in [0.1, 0.15) is 5.75 Å². The van der Waals surface area contributed by atoms with Gasteiger partial charge in [-0.05, 0) is 24.3 Å². The van der Waals surface area contributed by atoms with E-state index in [4.69, 9.17) is 0 Å². The Bertz CT molecular complexity index is 734. The van der Waals surface area contributed by atoms with E-state index in [2.05, 4.69) is 15.0 Å². The molecule has 1 aromatic heterocycles. The Hall–Kier alpha value is -2.22. The average molecular weight is 328 g/mol. The largest absolute Gasteiger partial charge is 0.433 e. The molecule has 0 fully saturated rings. The Balaban J connectivity index is 2.08. The van der Waals surface area contributed by atoms with Gasteiger partial charge in [0, 0.05) is 6.26 Å². The van der Waals surface area contributed by atoms with Crippen LogP contribution >= 0.6 is 0 Å². The van der Waals surface area contributed by atoms with E-state index in [1.807, 2.05) is 0 Å². The summed E-state index contributed by atoms with van der Waals surface area (Å²) in [5.74, 6) is -0.0321. The van der Waals surface area contributed by atoms with Gasteiger partial charge in [-0.15, -0.1) is 0 Å². The standard InChI is InChI=1S/C14H14F2N2O3S/c1-22(19,20)13-5-3-2-4-12(13)18-8-10-6-7-11(9-17-10)21-14(15)16/h2-7,9,14,18H,8H2,1H3. The second-order valence-corrected chi connectivity index (χ2v) is 6.47. The number of alkyl halides is 2. The number of nitrogens with zero attached hydrogens (tertiary/aromatic N) is 1. The van der Waals surface area contributed by atoms with Crippen molar-refractivity contribution >= 4 is 15.5 Å². The van der Waals surface area contributed by atoms with Gasteiger partial charge < -0.3 is 10.1 Å². The minimum atomic E-state index is -3.34. The van der Waals surface area contributed by atoms with Crippen LogP contribution in [0, 0.1) is 0 Å². The van der Waals surface area contributed by atoms with Crippen LogP contribution in [0.1, 0.15) is 5.69 Å². The molecule has 5 nitrogen and oxygen atoms in total. The van der Waals surface area contributed by atoms with E-state index < -0.39 is 16.4 Å². The SMILES string of the molecule is CS(=O)(=O)c1ccccc1NCc1ccc(OC(F)F)cn1. The van der Waals surface area contributed by atoms with Crippen molar-refractivity contribution in [3.8, 4) is 5.75 Å². The fourth-order valence-electron chi connectivity index (χ4n) is 1.81. The lowest BCUT2D eigenvalue weighted by Gasteiger charge is -2.10. The molecule has 2 rings (SSSR count). The summed E-state index contributed by atoms with van der Waals surface area (Å²) < 4.78 is 51.6. The summed E-state index contributed by atoms with van der Waals surface area (Å²) in [6, 6.07) is 9.39. The Morgan fingerprint density at radius 3 is 2.55 bits per heavy atom. The molecule has 0 aliphatic rings. The number of hydrogen-bond acceptors (Lipinski definition) is 5. The first-order valence-electron chi connectivity index (χ1n) is 6.29. The van der Waals surface area contributed by atoms with E-state index in [0.717, 1.165) is 6.26 Å². The molecule has 0 saturated carbocycles. The highest BCUT2D eigenvalue weighted by molar-refractivity contribution is 7.90. The lowest BCUT2D eigenvalue weighted by molar-refractivity contribution is -0.0500. The number of ether oxygens (including phenoxy) is 1. The van der Waals surface area contributed by atoms with Crippen molar-refractivity contribution in [3.63, 3.8) is 0 Å². The summed E-state index contributed by atoms with van der Waals surface area (Å²) in [7, 11) is -3.34. The summed E-state index contributed by atoms with van der Waals surface area (Å²) in [6.45, 7) is -2.64. The minimum absolute atomic E-state index is 0.0321. The fraction of sp³-hybridized carbons (Fsp3) is 0.214. The summed E-state index contributed by atoms with van der Waals surface area (Å²) in [4.78, 5) is 4.16. The van der Waals surface area contributed by atoms with Crippen LogP contribution in [0.5, 0.6) is 5.75 Å². The maximum atomic E-state index is 12.0. The second kappa shape index (κ2) is 6.69. The summed E-state index contributed by atoms with van der Waals surface area (Å²) in [5.41, 5.74) is 1.02. The quantitative estimate of drug-likeness (QED) is 0.883. The predicted molar refractivity (Wildman–Crippen MR) is 77.7 cm³/mol. The zero-order valence-electron chi connectivity index (χ0n) is 11.7. The van der Waals surface area contributed by atoms with Crippen molar-refractivity contribution in [1.29, 1.82) is 0 Å². The van der Waals surface area contributed by atoms with Crippen LogP contribution in [0.25, 0.3) is 0 Å². The monoisotopic (exact) mass is 328 g/mol. The van der Waals surface area contributed by atoms with Crippen molar-refractivity contribution in [1.82, 2.24) is 4.98 Å². The third-order valence-corrected chi connectivity index (χ3v) is 3.92. The molecule has 0 atom stereocenters. The van der Waals surface area contributed by atoms with Crippen LogP contribution in [0.3, 0.4) is 0 Å². The number of pyridine rings is 1. The van der Waals surface area contributed by atoms with Crippen molar-refractivity contribution in [3.05, 3.63) is 48.3 Å². The van der Waals surface area contributed by atoms with E-state index in [1.54, 1.807) is 18.2 Å². The molecule has 0 spiro atoms. The van der Waals surface area contributed by atoms with Gasteiger partial charge in [0.25, 0.3) is 0 Å². The van der Waals surface area contributed by atoms with Crippen molar-refractivity contribution < 1.29 is 21.9 Å². The molecule has 8 heteroatoms. The van der Waals surface area contributed by atoms with E-state index in [0.29, 0.717) is 11.4 Å². The van der Waals surface area contributed by atoms with Crippen molar-refractivity contribution in [2.45, 2.75) is 18.1 Å². The number of benzene rings is 1. The summed E-state index contributed by atoms with van der Waals surface area (Å²) in [5, 5.41) is 2.97. The first-order chi connectivity index (χ1) is 10.4. The van der Waals surface area contributed by atoms with Crippen LogP contribution in [0.4, 0.5) is 14.5 Å². The van der Waals surface area contributed by atoms with E-state index >= 15 is 0 Å². The lowest BCUT2D eigenvalue weighted by Crippen LogP contribution is -2.07. The number of aromatic nitrogens is 1. The van der Waals surface area contributed by atoms with Gasteiger partial charge in [-0.25, -0.2) is 8.42 Å². The number of nitrogens with one attached hydrogen (secondary N) is 1. The lowest BCUT2D eigenvalue weighted by atomic mass is 10.3. The molecule has 2 aromatic rings. The number of anilines is 1. The number of sulfone groups is 1. The van der Waals surface area contributed by atoms with Crippen LogP contribution < -0.4 is 10.1 Å². The van der Waals surface area contributed by atoms with Crippen molar-refractivity contribution in [2.24, 2.45) is 0 Å². The maximum absolute atomic E-state index is 12.0. The predicted octanol–water partition coefficient (Wildman–Crippen LogP) is 2.70. The molecule has 0 aliphatic carbocycles. The zero-order chi connectivity index (χ0) is 16.2. The molecular weight excluding hydrogens is 314 g/mol. The Morgan fingerprint density at radius 1 is 1.23 bits per heavy atom.